The quantitative estimate of drug-likeness (QED) is 0.664. The summed E-state index contributed by atoms with van der Waals surface area (Å²) in [5, 5.41) is 0. The smallest absolute Gasteiger partial charge is 0.189 e. The third-order valence-corrected chi connectivity index (χ3v) is 3.17. The second-order valence-corrected chi connectivity index (χ2v) is 4.21. The van der Waals surface area contributed by atoms with E-state index in [0.717, 1.165) is 17.6 Å². The van der Waals surface area contributed by atoms with E-state index in [1.807, 2.05) is 42.5 Å². The van der Waals surface area contributed by atoms with E-state index in [1.54, 1.807) is 0 Å². The van der Waals surface area contributed by atoms with Crippen molar-refractivity contribution < 1.29 is 4.79 Å². The minimum absolute atomic E-state index is 0.201. The summed E-state index contributed by atoms with van der Waals surface area (Å²) >= 11 is 0. The maximum atomic E-state index is 12.1. The summed E-state index contributed by atoms with van der Waals surface area (Å²) in [6.45, 7) is 0. The highest BCUT2D eigenvalue weighted by Gasteiger charge is 2.41. The van der Waals surface area contributed by atoms with E-state index in [-0.39, 0.29) is 5.78 Å². The van der Waals surface area contributed by atoms with Crippen LogP contribution in [-0.4, -0.2) is 5.78 Å². The monoisotopic (exact) mass is 196 g/mol. The van der Waals surface area contributed by atoms with E-state index < -0.39 is 0 Å². The Kier molecular flexibility index (Phi) is 1.84. The first kappa shape index (κ1) is 8.66. The maximum Gasteiger partial charge on any atom is 0.189 e. The van der Waals surface area contributed by atoms with E-state index in [0.29, 0.717) is 11.8 Å². The first-order chi connectivity index (χ1) is 7.36. The fourth-order valence-corrected chi connectivity index (χ4v) is 2.21. The van der Waals surface area contributed by atoms with Gasteiger partial charge in [0, 0.05) is 11.1 Å². The average Bonchev–Trinajstić information content (AvgIpc) is 3.08. The number of Topliss-reactive ketones (excluding diaryl/α,β-unsaturated/α-hetero) is 1. The van der Waals surface area contributed by atoms with Gasteiger partial charge in [0.2, 0.25) is 0 Å². The van der Waals surface area contributed by atoms with Gasteiger partial charge in [0.1, 0.15) is 0 Å². The summed E-state index contributed by atoms with van der Waals surface area (Å²) < 4.78 is 0. The molecular formula is C14H12O. The molecule has 3 rings (SSSR count). The zero-order valence-corrected chi connectivity index (χ0v) is 8.39. The highest BCUT2D eigenvalue weighted by molar-refractivity contribution is 6.09. The summed E-state index contributed by atoms with van der Waals surface area (Å²) in [6.07, 6.45) is 7.35. The molecule has 1 nitrogen and oxygen atoms in total. The van der Waals surface area contributed by atoms with Crippen molar-refractivity contribution >= 4 is 5.78 Å². The largest absolute Gasteiger partial charge is 0.289 e. The topological polar surface area (TPSA) is 17.1 Å². The van der Waals surface area contributed by atoms with Gasteiger partial charge in [-0.25, -0.2) is 0 Å². The summed E-state index contributed by atoms with van der Waals surface area (Å²) in [5.41, 5.74) is 1.80. The van der Waals surface area contributed by atoms with Gasteiger partial charge >= 0.3 is 0 Å². The first-order valence-electron chi connectivity index (χ1n) is 5.34. The van der Waals surface area contributed by atoms with Crippen LogP contribution in [0.25, 0.3) is 0 Å². The highest BCUT2D eigenvalue weighted by atomic mass is 16.1. The van der Waals surface area contributed by atoms with Crippen LogP contribution >= 0.6 is 0 Å². The zero-order chi connectivity index (χ0) is 10.3. The van der Waals surface area contributed by atoms with Crippen LogP contribution in [0.15, 0.2) is 54.1 Å². The van der Waals surface area contributed by atoms with Crippen LogP contribution in [0.1, 0.15) is 16.8 Å². The molecule has 2 unspecified atom stereocenters. The Balaban J connectivity index is 1.92. The molecule has 0 N–H and O–H groups in total. The molecule has 0 amide bonds. The standard InChI is InChI=1S/C14H12O/c15-14(10-5-2-1-3-6-10)12-8-4-7-11-9-13(11)12/h1-8,11,13H,9H2. The normalized spacial score (nSPS) is 26.8. The van der Waals surface area contributed by atoms with Crippen LogP contribution in [0.5, 0.6) is 0 Å². The van der Waals surface area contributed by atoms with E-state index >= 15 is 0 Å². The van der Waals surface area contributed by atoms with E-state index in [9.17, 15) is 4.79 Å². The number of carbonyl (C=O) groups is 1. The van der Waals surface area contributed by atoms with Gasteiger partial charge in [0.15, 0.2) is 5.78 Å². The van der Waals surface area contributed by atoms with Crippen LogP contribution in [0.4, 0.5) is 0 Å². The van der Waals surface area contributed by atoms with Crippen LogP contribution in [0, 0.1) is 11.8 Å². The molecule has 0 saturated heterocycles. The Morgan fingerprint density at radius 2 is 2.00 bits per heavy atom. The summed E-state index contributed by atoms with van der Waals surface area (Å²) in [6, 6.07) is 9.54. The second-order valence-electron chi connectivity index (χ2n) is 4.21. The lowest BCUT2D eigenvalue weighted by Gasteiger charge is -2.07. The third-order valence-electron chi connectivity index (χ3n) is 3.17. The maximum absolute atomic E-state index is 12.1. The Hall–Kier alpha value is -1.63. The molecule has 2 atom stereocenters. The number of allylic oxidation sites excluding steroid dienone is 4. The van der Waals surface area contributed by atoms with Crippen molar-refractivity contribution in [1.29, 1.82) is 0 Å². The molecule has 2 aliphatic carbocycles. The summed E-state index contributed by atoms with van der Waals surface area (Å²) in [5.74, 6) is 1.34. The number of rotatable bonds is 2. The molecule has 0 bridgehead atoms. The first-order valence-corrected chi connectivity index (χ1v) is 5.34. The van der Waals surface area contributed by atoms with Crippen molar-refractivity contribution in [2.75, 3.05) is 0 Å². The van der Waals surface area contributed by atoms with Crippen LogP contribution in [0.2, 0.25) is 0 Å². The Morgan fingerprint density at radius 1 is 1.20 bits per heavy atom. The molecule has 1 heteroatoms. The molecule has 1 aromatic rings. The van der Waals surface area contributed by atoms with Gasteiger partial charge < -0.3 is 0 Å². The fourth-order valence-electron chi connectivity index (χ4n) is 2.21. The van der Waals surface area contributed by atoms with Gasteiger partial charge in [-0.1, -0.05) is 48.6 Å². The van der Waals surface area contributed by atoms with Gasteiger partial charge in [-0.2, -0.15) is 0 Å². The number of fused-ring (bicyclic) bond motifs is 1. The minimum atomic E-state index is 0.201. The van der Waals surface area contributed by atoms with Gasteiger partial charge in [-0.15, -0.1) is 0 Å². The van der Waals surface area contributed by atoms with E-state index in [2.05, 4.69) is 6.08 Å². The van der Waals surface area contributed by atoms with Crippen molar-refractivity contribution in [3.8, 4) is 0 Å². The molecule has 0 radical (unpaired) electrons. The van der Waals surface area contributed by atoms with E-state index in [1.165, 1.54) is 0 Å². The summed E-state index contributed by atoms with van der Waals surface area (Å²) in [4.78, 5) is 12.1. The molecule has 0 aromatic heterocycles. The molecule has 1 saturated carbocycles. The highest BCUT2D eigenvalue weighted by Crippen LogP contribution is 2.48. The zero-order valence-electron chi connectivity index (χ0n) is 8.39. The number of hydrogen-bond donors (Lipinski definition) is 0. The molecule has 15 heavy (non-hydrogen) atoms. The molecule has 2 aliphatic rings. The number of carbonyl (C=O) groups excluding carboxylic acids is 1. The van der Waals surface area contributed by atoms with Crippen molar-refractivity contribution in [3.63, 3.8) is 0 Å². The number of ketones is 1. The summed E-state index contributed by atoms with van der Waals surface area (Å²) in [7, 11) is 0. The van der Waals surface area contributed by atoms with Gasteiger partial charge in [0.05, 0.1) is 0 Å². The van der Waals surface area contributed by atoms with E-state index in [4.69, 9.17) is 0 Å². The SMILES string of the molecule is O=C(C1=CC=CC2CC12)c1ccccc1. The third kappa shape index (κ3) is 1.44. The van der Waals surface area contributed by atoms with Crippen molar-refractivity contribution in [1.82, 2.24) is 0 Å². The Labute approximate surface area is 89.1 Å². The lowest BCUT2D eigenvalue weighted by Crippen LogP contribution is -2.07. The second kappa shape index (κ2) is 3.20. The molecule has 1 aromatic carbocycles. The van der Waals surface area contributed by atoms with Crippen molar-refractivity contribution in [3.05, 3.63) is 59.7 Å². The lowest BCUT2D eigenvalue weighted by molar-refractivity contribution is 0.102. The number of hydrogen-bond acceptors (Lipinski definition) is 1. The van der Waals surface area contributed by atoms with Crippen molar-refractivity contribution in [2.45, 2.75) is 6.42 Å². The average molecular weight is 196 g/mol. The Bertz CT molecular complexity index is 453. The molecule has 0 aliphatic heterocycles. The minimum Gasteiger partial charge on any atom is -0.289 e. The lowest BCUT2D eigenvalue weighted by atomic mass is 9.96. The Morgan fingerprint density at radius 3 is 2.80 bits per heavy atom. The van der Waals surface area contributed by atoms with Crippen molar-refractivity contribution in [2.24, 2.45) is 11.8 Å². The predicted octanol–water partition coefficient (Wildman–Crippen LogP) is 3.00. The van der Waals surface area contributed by atoms with Gasteiger partial charge in [0.25, 0.3) is 0 Å². The molecular weight excluding hydrogens is 184 g/mol. The van der Waals surface area contributed by atoms with Crippen LogP contribution < -0.4 is 0 Å². The van der Waals surface area contributed by atoms with Gasteiger partial charge in [-0.3, -0.25) is 4.79 Å². The predicted molar refractivity (Wildman–Crippen MR) is 59.6 cm³/mol. The fraction of sp³-hybridized carbons (Fsp3) is 0.214. The molecule has 1 fully saturated rings. The van der Waals surface area contributed by atoms with Gasteiger partial charge in [-0.05, 0) is 18.3 Å². The molecule has 0 spiro atoms. The number of benzene rings is 1. The molecule has 0 heterocycles. The van der Waals surface area contributed by atoms with Crippen LogP contribution in [-0.2, 0) is 0 Å². The molecule has 74 valence electrons. The van der Waals surface area contributed by atoms with Crippen LogP contribution in [0.3, 0.4) is 0 Å².